The molecular formula is C14H14BrClN2. The number of hydrogen-bond donors (Lipinski definition) is 0. The van der Waals surface area contributed by atoms with Crippen molar-refractivity contribution in [2.24, 2.45) is 0 Å². The minimum absolute atomic E-state index is 0.776. The van der Waals surface area contributed by atoms with Crippen molar-refractivity contribution in [3.05, 3.63) is 63.3 Å². The number of aromatic nitrogens is 1. The van der Waals surface area contributed by atoms with Crippen LogP contribution in [0.5, 0.6) is 0 Å². The highest BCUT2D eigenvalue weighted by molar-refractivity contribution is 9.10. The summed E-state index contributed by atoms with van der Waals surface area (Å²) in [5.41, 5.74) is 2.45. The summed E-state index contributed by atoms with van der Waals surface area (Å²) < 4.78 is 1.01. The maximum atomic E-state index is 5.87. The van der Waals surface area contributed by atoms with Crippen molar-refractivity contribution in [2.45, 2.75) is 13.1 Å². The van der Waals surface area contributed by atoms with E-state index in [9.17, 15) is 0 Å². The Labute approximate surface area is 121 Å². The number of rotatable bonds is 4. The molecule has 0 unspecified atom stereocenters. The Hall–Kier alpha value is -0.900. The Bertz CT molecular complexity index is 513. The largest absolute Gasteiger partial charge is 0.298 e. The van der Waals surface area contributed by atoms with Crippen molar-refractivity contribution >= 4 is 27.5 Å². The number of nitrogens with zero attached hydrogens (tertiary/aromatic N) is 2. The highest BCUT2D eigenvalue weighted by Gasteiger charge is 2.03. The fourth-order valence-corrected chi connectivity index (χ4v) is 2.35. The average molecular weight is 326 g/mol. The molecule has 0 N–H and O–H groups in total. The van der Waals surface area contributed by atoms with Gasteiger partial charge in [-0.25, -0.2) is 0 Å². The summed E-state index contributed by atoms with van der Waals surface area (Å²) >= 11 is 9.30. The molecule has 2 rings (SSSR count). The van der Waals surface area contributed by atoms with Crippen molar-refractivity contribution in [2.75, 3.05) is 7.05 Å². The van der Waals surface area contributed by atoms with Gasteiger partial charge in [0.25, 0.3) is 0 Å². The number of benzene rings is 1. The van der Waals surface area contributed by atoms with Crippen LogP contribution in [0.25, 0.3) is 0 Å². The third kappa shape index (κ3) is 4.09. The Kier molecular flexibility index (Phi) is 4.75. The van der Waals surface area contributed by atoms with Gasteiger partial charge in [0, 0.05) is 35.0 Å². The van der Waals surface area contributed by atoms with E-state index in [1.54, 1.807) is 6.20 Å². The molecule has 0 saturated carbocycles. The predicted octanol–water partition coefficient (Wildman–Crippen LogP) is 4.13. The van der Waals surface area contributed by atoms with E-state index < -0.39 is 0 Å². The minimum atomic E-state index is 0.776. The smallest absolute Gasteiger partial charge is 0.0410 e. The summed E-state index contributed by atoms with van der Waals surface area (Å²) in [5.74, 6) is 0. The molecule has 18 heavy (non-hydrogen) atoms. The second-order valence-corrected chi connectivity index (χ2v) is 5.66. The molecule has 0 bridgehead atoms. The molecule has 0 aliphatic carbocycles. The normalized spacial score (nSPS) is 10.9. The quantitative estimate of drug-likeness (QED) is 0.840. The lowest BCUT2D eigenvalue weighted by Gasteiger charge is -2.16. The fraction of sp³-hybridized carbons (Fsp3) is 0.214. The summed E-state index contributed by atoms with van der Waals surface area (Å²) in [6.45, 7) is 1.76. The average Bonchev–Trinajstić information content (AvgIpc) is 2.32. The maximum absolute atomic E-state index is 5.87. The number of pyridine rings is 1. The molecule has 0 saturated heterocycles. The molecular weight excluding hydrogens is 312 g/mol. The molecule has 1 heterocycles. The summed E-state index contributed by atoms with van der Waals surface area (Å²) in [7, 11) is 2.09. The molecule has 0 aliphatic rings. The van der Waals surface area contributed by atoms with Gasteiger partial charge in [-0.2, -0.15) is 0 Å². The third-order valence-corrected chi connectivity index (χ3v) is 3.27. The van der Waals surface area contributed by atoms with Crippen LogP contribution in [0, 0.1) is 0 Å². The van der Waals surface area contributed by atoms with Crippen LogP contribution >= 0.6 is 27.5 Å². The third-order valence-electron chi connectivity index (χ3n) is 2.58. The van der Waals surface area contributed by atoms with Crippen molar-refractivity contribution in [1.29, 1.82) is 0 Å². The second kappa shape index (κ2) is 6.32. The highest BCUT2D eigenvalue weighted by Crippen LogP contribution is 2.14. The molecule has 0 atom stereocenters. The fourth-order valence-electron chi connectivity index (χ4n) is 1.81. The van der Waals surface area contributed by atoms with E-state index in [0.717, 1.165) is 22.6 Å². The maximum Gasteiger partial charge on any atom is 0.0410 e. The van der Waals surface area contributed by atoms with Gasteiger partial charge in [-0.1, -0.05) is 23.7 Å². The first-order chi connectivity index (χ1) is 8.63. The van der Waals surface area contributed by atoms with Gasteiger partial charge in [-0.05, 0) is 52.3 Å². The Morgan fingerprint density at radius 2 is 1.78 bits per heavy atom. The molecule has 1 aromatic heterocycles. The lowest BCUT2D eigenvalue weighted by Crippen LogP contribution is -2.17. The standard InChI is InChI=1S/C14H14BrClN2/c1-18(9-11-2-4-14(16)5-3-11)10-12-6-13(15)8-17-7-12/h2-8H,9-10H2,1H3. The van der Waals surface area contributed by atoms with Gasteiger partial charge in [-0.15, -0.1) is 0 Å². The zero-order valence-electron chi connectivity index (χ0n) is 10.1. The lowest BCUT2D eigenvalue weighted by atomic mass is 10.2. The van der Waals surface area contributed by atoms with E-state index in [2.05, 4.69) is 51.1 Å². The molecule has 94 valence electrons. The monoisotopic (exact) mass is 324 g/mol. The molecule has 2 aromatic rings. The topological polar surface area (TPSA) is 16.1 Å². The minimum Gasteiger partial charge on any atom is -0.298 e. The van der Waals surface area contributed by atoms with Gasteiger partial charge in [0.15, 0.2) is 0 Å². The van der Waals surface area contributed by atoms with E-state index in [1.807, 2.05) is 18.3 Å². The van der Waals surface area contributed by atoms with E-state index in [4.69, 9.17) is 11.6 Å². The SMILES string of the molecule is CN(Cc1ccc(Cl)cc1)Cc1cncc(Br)c1. The van der Waals surface area contributed by atoms with Gasteiger partial charge in [-0.3, -0.25) is 9.88 Å². The van der Waals surface area contributed by atoms with E-state index >= 15 is 0 Å². The number of halogens is 2. The molecule has 0 radical (unpaired) electrons. The van der Waals surface area contributed by atoms with Crippen LogP contribution in [0.4, 0.5) is 0 Å². The summed E-state index contributed by atoms with van der Waals surface area (Å²) in [4.78, 5) is 6.41. The molecule has 2 nitrogen and oxygen atoms in total. The van der Waals surface area contributed by atoms with Crippen LogP contribution in [-0.4, -0.2) is 16.9 Å². The van der Waals surface area contributed by atoms with Crippen LogP contribution < -0.4 is 0 Å². The Morgan fingerprint density at radius 3 is 2.44 bits per heavy atom. The highest BCUT2D eigenvalue weighted by atomic mass is 79.9. The van der Waals surface area contributed by atoms with Crippen LogP contribution in [0.15, 0.2) is 47.2 Å². The van der Waals surface area contributed by atoms with Crippen LogP contribution in [0.3, 0.4) is 0 Å². The first-order valence-corrected chi connectivity index (χ1v) is 6.83. The first kappa shape index (κ1) is 13.5. The van der Waals surface area contributed by atoms with Crippen molar-refractivity contribution in [3.63, 3.8) is 0 Å². The van der Waals surface area contributed by atoms with Crippen LogP contribution in [0.1, 0.15) is 11.1 Å². The van der Waals surface area contributed by atoms with Crippen LogP contribution in [0.2, 0.25) is 5.02 Å². The lowest BCUT2D eigenvalue weighted by molar-refractivity contribution is 0.318. The zero-order chi connectivity index (χ0) is 13.0. The number of hydrogen-bond acceptors (Lipinski definition) is 2. The summed E-state index contributed by atoms with van der Waals surface area (Å²) in [6.07, 6.45) is 3.69. The first-order valence-electron chi connectivity index (χ1n) is 5.66. The van der Waals surface area contributed by atoms with Crippen molar-refractivity contribution < 1.29 is 0 Å². The van der Waals surface area contributed by atoms with Gasteiger partial charge >= 0.3 is 0 Å². The molecule has 0 aliphatic heterocycles. The van der Waals surface area contributed by atoms with Crippen molar-refractivity contribution in [3.8, 4) is 0 Å². The van der Waals surface area contributed by atoms with E-state index in [1.165, 1.54) is 11.1 Å². The Balaban J connectivity index is 1.96. The second-order valence-electron chi connectivity index (χ2n) is 4.31. The van der Waals surface area contributed by atoms with Gasteiger partial charge in [0.05, 0.1) is 0 Å². The summed E-state index contributed by atoms with van der Waals surface area (Å²) in [6, 6.07) is 10.0. The molecule has 4 heteroatoms. The van der Waals surface area contributed by atoms with Gasteiger partial charge in [0.1, 0.15) is 0 Å². The summed E-state index contributed by atoms with van der Waals surface area (Å²) in [5, 5.41) is 0.776. The molecule has 1 aromatic carbocycles. The zero-order valence-corrected chi connectivity index (χ0v) is 12.4. The van der Waals surface area contributed by atoms with Gasteiger partial charge < -0.3 is 0 Å². The Morgan fingerprint density at radius 1 is 1.11 bits per heavy atom. The molecule has 0 spiro atoms. The predicted molar refractivity (Wildman–Crippen MR) is 78.6 cm³/mol. The van der Waals surface area contributed by atoms with Gasteiger partial charge in [0.2, 0.25) is 0 Å². The molecule has 0 fully saturated rings. The van der Waals surface area contributed by atoms with Crippen LogP contribution in [-0.2, 0) is 13.1 Å². The van der Waals surface area contributed by atoms with E-state index in [-0.39, 0.29) is 0 Å². The van der Waals surface area contributed by atoms with E-state index in [0.29, 0.717) is 0 Å². The molecule has 0 amide bonds. The van der Waals surface area contributed by atoms with Crippen molar-refractivity contribution in [1.82, 2.24) is 9.88 Å².